The van der Waals surface area contributed by atoms with Gasteiger partial charge >= 0.3 is 0 Å². The number of hydrogen-bond acceptors (Lipinski definition) is 6. The van der Waals surface area contributed by atoms with Crippen LogP contribution in [0.2, 0.25) is 0 Å². The van der Waals surface area contributed by atoms with E-state index in [2.05, 4.69) is 31.7 Å². The number of aromatic nitrogens is 2. The highest BCUT2D eigenvalue weighted by Crippen LogP contribution is 2.22. The zero-order chi connectivity index (χ0) is 17.1. The number of aryl methyl sites for hydroxylation is 2. The van der Waals surface area contributed by atoms with Crippen LogP contribution in [-0.4, -0.2) is 83.3 Å². The summed E-state index contributed by atoms with van der Waals surface area (Å²) in [5, 5.41) is 10.7. The average Bonchev–Trinajstić information content (AvgIpc) is 2.84. The Morgan fingerprint density at radius 3 is 2.42 bits per heavy atom. The maximum absolute atomic E-state index is 10.7. The number of rotatable bonds is 2. The van der Waals surface area contributed by atoms with Gasteiger partial charge < -0.3 is 14.9 Å². The first kappa shape index (κ1) is 17.6. The molecule has 2 aliphatic rings. The summed E-state index contributed by atoms with van der Waals surface area (Å²) < 4.78 is 0. The molecule has 0 bridgehead atoms. The standard InChI is InChI=1S/C18H31N5O/c1-14-13-15(2)20-18(19-14)23-9-5-16(17(24)6-10-23)22-8-4-7-21(3)11-12-22/h13,16-17,24H,4-12H2,1-3H3/t16-,17-/m0/s1. The molecule has 0 aromatic carbocycles. The predicted molar refractivity (Wildman–Crippen MR) is 96.4 cm³/mol. The Morgan fingerprint density at radius 1 is 0.958 bits per heavy atom. The SMILES string of the molecule is Cc1cc(C)nc(N2CC[C@H](O)[C@@H](N3CCCN(C)CC3)CC2)n1. The van der Waals surface area contributed by atoms with Gasteiger partial charge in [-0.2, -0.15) is 0 Å². The number of hydrogen-bond donors (Lipinski definition) is 1. The van der Waals surface area contributed by atoms with Crippen LogP contribution < -0.4 is 4.90 Å². The zero-order valence-corrected chi connectivity index (χ0v) is 15.3. The molecule has 0 radical (unpaired) electrons. The Kier molecular flexibility index (Phi) is 5.69. The largest absolute Gasteiger partial charge is 0.391 e. The summed E-state index contributed by atoms with van der Waals surface area (Å²) in [6, 6.07) is 2.26. The molecule has 2 fully saturated rings. The van der Waals surface area contributed by atoms with Gasteiger partial charge in [0.2, 0.25) is 5.95 Å². The highest BCUT2D eigenvalue weighted by atomic mass is 16.3. The summed E-state index contributed by atoms with van der Waals surface area (Å²) in [6.45, 7) is 10.2. The predicted octanol–water partition coefficient (Wildman–Crippen LogP) is 1.06. The van der Waals surface area contributed by atoms with Gasteiger partial charge in [0, 0.05) is 43.6 Å². The van der Waals surface area contributed by atoms with Gasteiger partial charge in [-0.25, -0.2) is 9.97 Å². The lowest BCUT2D eigenvalue weighted by Crippen LogP contribution is -2.45. The Balaban J connectivity index is 1.68. The second-order valence-corrected chi connectivity index (χ2v) is 7.34. The smallest absolute Gasteiger partial charge is 0.225 e. The minimum absolute atomic E-state index is 0.257. The molecular weight excluding hydrogens is 302 g/mol. The van der Waals surface area contributed by atoms with E-state index in [0.29, 0.717) is 0 Å². The lowest BCUT2D eigenvalue weighted by atomic mass is 10.0. The molecule has 1 N–H and O–H groups in total. The molecular formula is C18H31N5O. The topological polar surface area (TPSA) is 55.7 Å². The van der Waals surface area contributed by atoms with Crippen molar-refractivity contribution in [3.63, 3.8) is 0 Å². The maximum atomic E-state index is 10.7. The molecule has 0 saturated carbocycles. The molecule has 0 spiro atoms. The molecule has 2 aliphatic heterocycles. The third-order valence-electron chi connectivity index (χ3n) is 5.31. The Hall–Kier alpha value is -1.24. The van der Waals surface area contributed by atoms with Gasteiger partial charge in [0.25, 0.3) is 0 Å². The molecule has 0 amide bonds. The Morgan fingerprint density at radius 2 is 1.67 bits per heavy atom. The first-order valence-corrected chi connectivity index (χ1v) is 9.21. The monoisotopic (exact) mass is 333 g/mol. The molecule has 3 rings (SSSR count). The number of aliphatic hydroxyl groups is 1. The molecule has 1 aromatic rings. The molecule has 1 aromatic heterocycles. The van der Waals surface area contributed by atoms with Crippen LogP contribution in [0.15, 0.2) is 6.07 Å². The Bertz CT molecular complexity index is 532. The van der Waals surface area contributed by atoms with Crippen LogP contribution >= 0.6 is 0 Å². The van der Waals surface area contributed by atoms with E-state index < -0.39 is 0 Å². The average molecular weight is 333 g/mol. The van der Waals surface area contributed by atoms with Gasteiger partial charge in [0.05, 0.1) is 6.10 Å². The second-order valence-electron chi connectivity index (χ2n) is 7.34. The minimum Gasteiger partial charge on any atom is -0.391 e. The lowest BCUT2D eigenvalue weighted by Gasteiger charge is -2.32. The van der Waals surface area contributed by atoms with E-state index in [1.54, 1.807) is 0 Å². The van der Waals surface area contributed by atoms with Crippen LogP contribution in [0.1, 0.15) is 30.7 Å². The zero-order valence-electron chi connectivity index (χ0n) is 15.3. The molecule has 6 nitrogen and oxygen atoms in total. The van der Waals surface area contributed by atoms with Crippen molar-refractivity contribution in [1.82, 2.24) is 19.8 Å². The number of nitrogens with zero attached hydrogens (tertiary/aromatic N) is 5. The van der Waals surface area contributed by atoms with Gasteiger partial charge in [-0.3, -0.25) is 4.90 Å². The lowest BCUT2D eigenvalue weighted by molar-refractivity contribution is 0.0492. The molecule has 6 heteroatoms. The summed E-state index contributed by atoms with van der Waals surface area (Å²) in [5.74, 6) is 0.816. The minimum atomic E-state index is -0.260. The van der Waals surface area contributed by atoms with Crippen molar-refractivity contribution in [2.45, 2.75) is 45.3 Å². The first-order chi connectivity index (χ1) is 11.5. The van der Waals surface area contributed by atoms with Crippen LogP contribution in [0.3, 0.4) is 0 Å². The second kappa shape index (κ2) is 7.76. The highest BCUT2D eigenvalue weighted by Gasteiger charge is 2.31. The molecule has 2 saturated heterocycles. The fourth-order valence-corrected chi connectivity index (χ4v) is 3.95. The van der Waals surface area contributed by atoms with Crippen LogP contribution in [0.5, 0.6) is 0 Å². The number of anilines is 1. The van der Waals surface area contributed by atoms with Crippen molar-refractivity contribution in [2.75, 3.05) is 51.2 Å². The van der Waals surface area contributed by atoms with E-state index in [9.17, 15) is 5.11 Å². The molecule has 0 unspecified atom stereocenters. The van der Waals surface area contributed by atoms with Gasteiger partial charge in [0.15, 0.2) is 0 Å². The first-order valence-electron chi connectivity index (χ1n) is 9.21. The van der Waals surface area contributed by atoms with Gasteiger partial charge in [-0.1, -0.05) is 0 Å². The fourth-order valence-electron chi connectivity index (χ4n) is 3.95. The van der Waals surface area contributed by atoms with E-state index in [1.165, 1.54) is 6.42 Å². The van der Waals surface area contributed by atoms with Crippen LogP contribution in [0.4, 0.5) is 5.95 Å². The van der Waals surface area contributed by atoms with Crippen molar-refractivity contribution >= 4 is 5.95 Å². The molecule has 24 heavy (non-hydrogen) atoms. The maximum Gasteiger partial charge on any atom is 0.225 e. The Labute approximate surface area is 145 Å². The van der Waals surface area contributed by atoms with Gasteiger partial charge in [-0.15, -0.1) is 0 Å². The van der Waals surface area contributed by atoms with Gasteiger partial charge in [-0.05, 0) is 59.3 Å². The van der Waals surface area contributed by atoms with Crippen LogP contribution in [0, 0.1) is 13.8 Å². The highest BCUT2D eigenvalue weighted by molar-refractivity contribution is 5.32. The molecule has 2 atom stereocenters. The van der Waals surface area contributed by atoms with Crippen molar-refractivity contribution < 1.29 is 5.11 Å². The van der Waals surface area contributed by atoms with E-state index in [4.69, 9.17) is 0 Å². The van der Waals surface area contributed by atoms with Crippen molar-refractivity contribution in [3.05, 3.63) is 17.5 Å². The molecule has 0 aliphatic carbocycles. The third kappa shape index (κ3) is 4.23. The van der Waals surface area contributed by atoms with E-state index >= 15 is 0 Å². The summed E-state index contributed by atoms with van der Waals surface area (Å²) in [7, 11) is 2.19. The van der Waals surface area contributed by atoms with E-state index in [-0.39, 0.29) is 12.1 Å². The fraction of sp³-hybridized carbons (Fsp3) is 0.778. The quantitative estimate of drug-likeness (QED) is 0.873. The van der Waals surface area contributed by atoms with E-state index in [0.717, 1.165) is 69.4 Å². The van der Waals surface area contributed by atoms with Crippen LogP contribution in [-0.2, 0) is 0 Å². The van der Waals surface area contributed by atoms with Crippen molar-refractivity contribution in [1.29, 1.82) is 0 Å². The van der Waals surface area contributed by atoms with Crippen LogP contribution in [0.25, 0.3) is 0 Å². The van der Waals surface area contributed by atoms with E-state index in [1.807, 2.05) is 19.9 Å². The van der Waals surface area contributed by atoms with Gasteiger partial charge in [0.1, 0.15) is 0 Å². The number of aliphatic hydroxyl groups excluding tert-OH is 1. The summed E-state index contributed by atoms with van der Waals surface area (Å²) in [6.07, 6.45) is 2.68. The number of likely N-dealkylation sites (N-methyl/N-ethyl adjacent to an activating group) is 1. The third-order valence-corrected chi connectivity index (χ3v) is 5.31. The summed E-state index contributed by atoms with van der Waals surface area (Å²) >= 11 is 0. The van der Waals surface area contributed by atoms with Crippen molar-refractivity contribution in [3.8, 4) is 0 Å². The van der Waals surface area contributed by atoms with Crippen molar-refractivity contribution in [2.24, 2.45) is 0 Å². The summed E-state index contributed by atoms with van der Waals surface area (Å²) in [4.78, 5) is 16.3. The molecule has 3 heterocycles. The molecule has 134 valence electrons. The normalized spacial score (nSPS) is 27.8. The summed E-state index contributed by atoms with van der Waals surface area (Å²) in [5.41, 5.74) is 2.02.